The number of para-hydroxylation sites is 1. The lowest BCUT2D eigenvalue weighted by molar-refractivity contribution is -0.354. The molecule has 1 aromatic heterocycles. The zero-order valence-corrected chi connectivity index (χ0v) is 36.9. The first-order valence-electron chi connectivity index (χ1n) is 21.1. The number of carbonyl (C=O) groups is 4. The Morgan fingerprint density at radius 3 is 2.31 bits per heavy atom. The molecule has 59 heavy (non-hydrogen) atoms. The molecule has 0 unspecified atom stereocenters. The lowest BCUT2D eigenvalue weighted by atomic mass is 9.73. The number of methoxy groups -OCH3 is 1. The standard InChI is InChI=1S/C43H66FN5O10/c1-13-32-42(9)34(48(39(54)59-42)21-17-18-22-49-30-20-16-15-19-29(30)45-46-49)27(5)33(50)25(3)24-40(7,55-12)37(28(6)35(51)41(8,44)38(53)56-32)58-43(10)36(52)31(47(11)14-2)23-26(4)57-43/h15-16,19-20,25-28,31-32,34,36-37,52H,13-14,17-18,21-24H2,1-12H3/t25-,26-,27+,28+,31+,32-,34-,36-,37-,40-,41+,42-,43+/m1/s1. The molecule has 0 aliphatic carbocycles. The topological polar surface area (TPSA) is 172 Å². The summed E-state index contributed by atoms with van der Waals surface area (Å²) in [6.07, 6.45) is -3.12. The van der Waals surface area contributed by atoms with Crippen molar-refractivity contribution in [3.63, 3.8) is 0 Å². The van der Waals surface area contributed by atoms with Gasteiger partial charge in [-0.25, -0.2) is 18.7 Å². The van der Waals surface area contributed by atoms with Gasteiger partial charge >= 0.3 is 12.1 Å². The average Bonchev–Trinajstić information content (AvgIpc) is 3.73. The molecule has 330 valence electrons. The number of hydrogen-bond donors (Lipinski definition) is 1. The number of fused-ring (bicyclic) bond motifs is 2. The minimum absolute atomic E-state index is 0.0102. The van der Waals surface area contributed by atoms with Crippen molar-refractivity contribution >= 4 is 34.7 Å². The van der Waals surface area contributed by atoms with Crippen molar-refractivity contribution in [2.45, 2.75) is 167 Å². The van der Waals surface area contributed by atoms with Crippen LogP contribution in [-0.4, -0.2) is 140 Å². The van der Waals surface area contributed by atoms with E-state index in [4.69, 9.17) is 23.7 Å². The average molecular weight is 832 g/mol. The van der Waals surface area contributed by atoms with E-state index in [9.17, 15) is 24.3 Å². The third-order valence-electron chi connectivity index (χ3n) is 13.4. The smallest absolute Gasteiger partial charge is 0.410 e. The molecule has 3 aliphatic heterocycles. The maximum Gasteiger partial charge on any atom is 0.410 e. The van der Waals surface area contributed by atoms with Crippen molar-refractivity contribution < 1.29 is 52.4 Å². The SMILES string of the molecule is CC[C@H]1OC(=O)[C@@](C)(F)C(=O)[C@H](C)[C@@H](O[C@]2(C)O[C@H](C)C[C@H](N(C)CC)[C@H]2O)[C@](C)(OC)C[C@@H](C)C(=O)[C@H](C)[C@H]2N(CCCCn3nnc4ccccc43)C(=O)O[C@]12C. The second-order valence-electron chi connectivity index (χ2n) is 17.8. The summed E-state index contributed by atoms with van der Waals surface area (Å²) in [5.41, 5.74) is -4.60. The van der Waals surface area contributed by atoms with Crippen LogP contribution >= 0.6 is 0 Å². The van der Waals surface area contributed by atoms with E-state index >= 15 is 4.39 Å². The fourth-order valence-corrected chi connectivity index (χ4v) is 9.85. The number of alkyl halides is 1. The summed E-state index contributed by atoms with van der Waals surface area (Å²) >= 11 is 0. The number of cyclic esters (lactones) is 1. The van der Waals surface area contributed by atoms with Gasteiger partial charge in [-0.05, 0) is 92.4 Å². The van der Waals surface area contributed by atoms with E-state index in [-0.39, 0.29) is 37.3 Å². The maximum absolute atomic E-state index is 17.0. The molecule has 1 aromatic carbocycles. The van der Waals surface area contributed by atoms with E-state index in [2.05, 4.69) is 10.3 Å². The van der Waals surface area contributed by atoms with Crippen LogP contribution in [-0.2, 0) is 44.6 Å². The number of benzene rings is 1. The molecule has 2 aromatic rings. The number of rotatable bonds is 11. The molecular formula is C43H66FN5O10. The van der Waals surface area contributed by atoms with Gasteiger partial charge in [0.25, 0.3) is 5.67 Å². The third-order valence-corrected chi connectivity index (χ3v) is 13.4. The van der Waals surface area contributed by atoms with Crippen molar-refractivity contribution in [3.05, 3.63) is 24.3 Å². The lowest BCUT2D eigenvalue weighted by Crippen LogP contribution is -2.65. The van der Waals surface area contributed by atoms with Gasteiger partial charge in [0.2, 0.25) is 0 Å². The summed E-state index contributed by atoms with van der Waals surface area (Å²) in [4.78, 5) is 60.5. The lowest BCUT2D eigenvalue weighted by Gasteiger charge is -2.52. The highest BCUT2D eigenvalue weighted by Crippen LogP contribution is 2.45. The second kappa shape index (κ2) is 17.8. The van der Waals surface area contributed by atoms with Gasteiger partial charge in [0.1, 0.15) is 23.5 Å². The summed E-state index contributed by atoms with van der Waals surface area (Å²) in [5.74, 6) is -7.54. The number of hydrogen-bond acceptors (Lipinski definition) is 13. The minimum Gasteiger partial charge on any atom is -0.455 e. The molecule has 16 heteroatoms. The molecule has 0 spiro atoms. The highest BCUT2D eigenvalue weighted by molar-refractivity contribution is 6.08. The van der Waals surface area contributed by atoms with Crippen molar-refractivity contribution in [3.8, 4) is 0 Å². The minimum atomic E-state index is -3.19. The number of ether oxygens (including phenoxy) is 5. The number of amides is 1. The van der Waals surface area contributed by atoms with Crippen LogP contribution in [0.3, 0.4) is 0 Å². The number of aryl methyl sites for hydroxylation is 1. The Balaban J connectivity index is 1.51. The van der Waals surface area contributed by atoms with Gasteiger partial charge in [-0.15, -0.1) is 5.10 Å². The van der Waals surface area contributed by atoms with Crippen molar-refractivity contribution in [1.29, 1.82) is 0 Å². The molecule has 3 saturated heterocycles. The Morgan fingerprint density at radius 2 is 1.66 bits per heavy atom. The molecule has 0 radical (unpaired) electrons. The summed E-state index contributed by atoms with van der Waals surface area (Å²) < 4.78 is 49.9. The fourth-order valence-electron chi connectivity index (χ4n) is 9.85. The van der Waals surface area contributed by atoms with Crippen LogP contribution in [0.5, 0.6) is 0 Å². The molecule has 3 aliphatic rings. The van der Waals surface area contributed by atoms with E-state index in [0.29, 0.717) is 32.4 Å². The highest BCUT2D eigenvalue weighted by atomic mass is 19.1. The van der Waals surface area contributed by atoms with Crippen LogP contribution in [0.1, 0.15) is 101 Å². The van der Waals surface area contributed by atoms with Crippen molar-refractivity contribution in [1.82, 2.24) is 24.8 Å². The number of nitrogens with zero attached hydrogens (tertiary/aromatic N) is 5. The number of likely N-dealkylation sites (N-methyl/N-ethyl adjacent to an activating group) is 1. The molecule has 15 nitrogen and oxygen atoms in total. The van der Waals surface area contributed by atoms with E-state index in [1.54, 1.807) is 46.2 Å². The van der Waals surface area contributed by atoms with E-state index in [1.165, 1.54) is 18.9 Å². The first-order valence-corrected chi connectivity index (χ1v) is 21.1. The van der Waals surface area contributed by atoms with Crippen LogP contribution in [0.4, 0.5) is 9.18 Å². The van der Waals surface area contributed by atoms with Gasteiger partial charge in [0, 0.05) is 44.0 Å². The van der Waals surface area contributed by atoms with Gasteiger partial charge in [-0.1, -0.05) is 52.0 Å². The van der Waals surface area contributed by atoms with Gasteiger partial charge in [0.15, 0.2) is 17.2 Å². The summed E-state index contributed by atoms with van der Waals surface area (Å²) in [5, 5.41) is 20.3. The molecule has 5 rings (SSSR count). The molecule has 1 N–H and O–H groups in total. The van der Waals surface area contributed by atoms with Crippen LogP contribution in [0.15, 0.2) is 24.3 Å². The number of aliphatic hydroxyl groups is 1. The molecule has 3 fully saturated rings. The monoisotopic (exact) mass is 831 g/mol. The van der Waals surface area contributed by atoms with Crippen molar-refractivity contribution in [2.24, 2.45) is 17.8 Å². The second-order valence-corrected chi connectivity index (χ2v) is 17.8. The number of aliphatic hydroxyl groups excluding tert-OH is 1. The van der Waals surface area contributed by atoms with Gasteiger partial charge in [-0.3, -0.25) is 9.59 Å². The number of Topliss-reactive ketones (excluding diaryl/α,β-unsaturated/α-hetero) is 2. The van der Waals surface area contributed by atoms with Gasteiger partial charge in [0.05, 0.1) is 29.4 Å². The Hall–Kier alpha value is -3.57. The Kier molecular flexibility index (Phi) is 14.0. The molecule has 1 amide bonds. The molecule has 0 saturated carbocycles. The highest BCUT2D eigenvalue weighted by Gasteiger charge is 2.62. The van der Waals surface area contributed by atoms with Gasteiger partial charge < -0.3 is 38.6 Å². The molecule has 4 heterocycles. The molecular weight excluding hydrogens is 765 g/mol. The Bertz CT molecular complexity index is 1840. The predicted molar refractivity (Wildman–Crippen MR) is 216 cm³/mol. The third kappa shape index (κ3) is 8.80. The van der Waals surface area contributed by atoms with Crippen molar-refractivity contribution in [2.75, 3.05) is 27.2 Å². The van der Waals surface area contributed by atoms with E-state index < -0.39 is 82.6 Å². The largest absolute Gasteiger partial charge is 0.455 e. The van der Waals surface area contributed by atoms with Crippen LogP contribution in [0, 0.1) is 17.8 Å². The van der Waals surface area contributed by atoms with E-state index in [1.807, 2.05) is 50.1 Å². The predicted octanol–water partition coefficient (Wildman–Crippen LogP) is 5.29. The number of carbonyl (C=O) groups excluding carboxylic acids is 4. The number of ketones is 2. The maximum atomic E-state index is 17.0. The Morgan fingerprint density at radius 1 is 1.00 bits per heavy atom. The number of esters is 1. The van der Waals surface area contributed by atoms with Gasteiger partial charge in [-0.2, -0.15) is 0 Å². The summed E-state index contributed by atoms with van der Waals surface area (Å²) in [6.45, 7) is 17.5. The molecule has 13 atom stereocenters. The first kappa shape index (κ1) is 46.5. The number of aromatic nitrogens is 3. The van der Waals surface area contributed by atoms with Crippen LogP contribution in [0.2, 0.25) is 0 Å². The quantitative estimate of drug-likeness (QED) is 0.176. The summed E-state index contributed by atoms with van der Waals surface area (Å²) in [7, 11) is 3.29. The zero-order valence-electron chi connectivity index (χ0n) is 36.9. The number of unbranched alkanes of at least 4 members (excludes halogenated alkanes) is 1. The zero-order chi connectivity index (χ0) is 43.8. The van der Waals surface area contributed by atoms with E-state index in [0.717, 1.165) is 18.0 Å². The van der Waals surface area contributed by atoms with Crippen LogP contribution < -0.4 is 0 Å². The normalized spacial score (nSPS) is 39.0. The first-order chi connectivity index (χ1) is 27.6. The van der Waals surface area contributed by atoms with Crippen LogP contribution in [0.25, 0.3) is 11.0 Å². The molecule has 0 bridgehead atoms. The Labute approximate surface area is 347 Å². The summed E-state index contributed by atoms with van der Waals surface area (Å²) in [6, 6.07) is 6.31. The number of halogens is 1. The fraction of sp³-hybridized carbons (Fsp3) is 0.767.